The van der Waals surface area contributed by atoms with Crippen LogP contribution < -0.4 is 0 Å². The number of hydrogen-bond acceptors (Lipinski definition) is 3. The number of ether oxygens (including phenoxy) is 1. The molecule has 0 heterocycles. The van der Waals surface area contributed by atoms with Gasteiger partial charge in [-0.15, -0.1) is 5.92 Å². The summed E-state index contributed by atoms with van der Waals surface area (Å²) < 4.78 is 5.05. The van der Waals surface area contributed by atoms with Gasteiger partial charge in [-0.25, -0.2) is 4.79 Å². The molecule has 0 bridgehead atoms. The summed E-state index contributed by atoms with van der Waals surface area (Å²) in [6.45, 7) is 6.41. The van der Waals surface area contributed by atoms with E-state index in [1.807, 2.05) is 0 Å². The lowest BCUT2D eigenvalue weighted by atomic mass is 10.2. The maximum Gasteiger partial charge on any atom is 0.411 e. The second-order valence-electron chi connectivity index (χ2n) is 4.16. The van der Waals surface area contributed by atoms with E-state index in [0.29, 0.717) is 0 Å². The Morgan fingerprint density at radius 2 is 1.94 bits per heavy atom. The van der Waals surface area contributed by atoms with Gasteiger partial charge in [0.05, 0.1) is 6.54 Å². The lowest BCUT2D eigenvalue weighted by Gasteiger charge is -2.25. The quantitative estimate of drug-likeness (QED) is 0.739. The van der Waals surface area contributed by atoms with Crippen LogP contribution in [0.15, 0.2) is 0 Å². The predicted octanol–water partition coefficient (Wildman–Crippen LogP) is 1.33. The van der Waals surface area contributed by atoms with Crippen LogP contribution in [0.25, 0.3) is 0 Å². The van der Waals surface area contributed by atoms with Crippen LogP contribution >= 0.6 is 0 Å². The number of carbonyl (C=O) groups is 2. The number of amides is 1. The molecule has 0 aliphatic heterocycles. The molecule has 1 N–H and O–H groups in total. The molecule has 16 heavy (non-hydrogen) atoms. The number of aliphatic carboxylic acids is 1. The summed E-state index contributed by atoms with van der Waals surface area (Å²) in [5.41, 5.74) is -0.645. The number of carboxylic acids is 1. The van der Waals surface area contributed by atoms with Crippen molar-refractivity contribution in [3.63, 3.8) is 0 Å². The van der Waals surface area contributed by atoms with Gasteiger partial charge in [0.15, 0.2) is 0 Å². The van der Waals surface area contributed by atoms with Crippen molar-refractivity contribution in [2.45, 2.75) is 33.3 Å². The number of carboxylic acid groups (broad SMARTS) is 1. The van der Waals surface area contributed by atoms with Crippen LogP contribution in [0.3, 0.4) is 0 Å². The normalized spacial score (nSPS) is 10.0. The lowest BCUT2D eigenvalue weighted by molar-refractivity contribution is -0.138. The average molecular weight is 227 g/mol. The number of hydrogen-bond donors (Lipinski definition) is 1. The van der Waals surface area contributed by atoms with Crippen LogP contribution in [-0.2, 0) is 9.53 Å². The summed E-state index contributed by atoms with van der Waals surface area (Å²) in [6, 6.07) is 0. The predicted molar refractivity (Wildman–Crippen MR) is 58.9 cm³/mol. The summed E-state index contributed by atoms with van der Waals surface area (Å²) >= 11 is 0. The first-order chi connectivity index (χ1) is 7.26. The van der Waals surface area contributed by atoms with Crippen molar-refractivity contribution in [2.24, 2.45) is 0 Å². The highest BCUT2D eigenvalue weighted by molar-refractivity contribution is 5.77. The SMILES string of the molecule is CC#CCN(CC(=O)O)C(=O)OC(C)(C)C. The minimum absolute atomic E-state index is 0.0533. The molecule has 90 valence electrons. The zero-order chi connectivity index (χ0) is 12.8. The Morgan fingerprint density at radius 3 is 2.31 bits per heavy atom. The third kappa shape index (κ3) is 6.71. The second kappa shape index (κ2) is 6.01. The van der Waals surface area contributed by atoms with Gasteiger partial charge in [-0.1, -0.05) is 5.92 Å². The Bertz CT molecular complexity index is 319. The monoisotopic (exact) mass is 227 g/mol. The van der Waals surface area contributed by atoms with Crippen LogP contribution in [0.4, 0.5) is 4.79 Å². The molecule has 1 amide bonds. The highest BCUT2D eigenvalue weighted by atomic mass is 16.6. The number of nitrogens with zero attached hydrogens (tertiary/aromatic N) is 1. The summed E-state index contributed by atoms with van der Waals surface area (Å²) in [5, 5.41) is 8.63. The molecule has 0 saturated heterocycles. The Hall–Kier alpha value is -1.70. The molecule has 0 fully saturated rings. The van der Waals surface area contributed by atoms with E-state index in [0.717, 1.165) is 4.90 Å². The van der Waals surface area contributed by atoms with Crippen LogP contribution in [0.5, 0.6) is 0 Å². The molecule has 0 aromatic carbocycles. The van der Waals surface area contributed by atoms with E-state index in [-0.39, 0.29) is 6.54 Å². The van der Waals surface area contributed by atoms with E-state index in [1.54, 1.807) is 27.7 Å². The smallest absolute Gasteiger partial charge is 0.411 e. The lowest BCUT2D eigenvalue weighted by Crippen LogP contribution is -2.40. The third-order valence-corrected chi connectivity index (χ3v) is 1.42. The number of rotatable bonds is 3. The van der Waals surface area contributed by atoms with Crippen molar-refractivity contribution in [3.05, 3.63) is 0 Å². The molecule has 0 atom stereocenters. The zero-order valence-electron chi connectivity index (χ0n) is 10.0. The molecule has 5 heteroatoms. The standard InChI is InChI=1S/C11H17NO4/c1-5-6-7-12(8-9(13)14)10(15)16-11(2,3)4/h7-8H2,1-4H3,(H,13,14). The first-order valence-corrected chi connectivity index (χ1v) is 4.85. The highest BCUT2D eigenvalue weighted by Gasteiger charge is 2.22. The fourth-order valence-electron chi connectivity index (χ4n) is 0.849. The molecule has 0 radical (unpaired) electrons. The maximum atomic E-state index is 11.6. The summed E-state index contributed by atoms with van der Waals surface area (Å²) in [5.74, 6) is 4.14. The summed E-state index contributed by atoms with van der Waals surface area (Å²) in [7, 11) is 0. The molecular weight excluding hydrogens is 210 g/mol. The van der Waals surface area contributed by atoms with Crippen molar-refractivity contribution < 1.29 is 19.4 Å². The van der Waals surface area contributed by atoms with E-state index in [9.17, 15) is 9.59 Å². The molecule has 0 aromatic rings. The van der Waals surface area contributed by atoms with Crippen LogP contribution in [0, 0.1) is 11.8 Å². The van der Waals surface area contributed by atoms with Gasteiger partial charge in [-0.2, -0.15) is 0 Å². The third-order valence-electron chi connectivity index (χ3n) is 1.42. The van der Waals surface area contributed by atoms with Gasteiger partial charge in [0.2, 0.25) is 0 Å². The van der Waals surface area contributed by atoms with Crippen LogP contribution in [0.1, 0.15) is 27.7 Å². The van der Waals surface area contributed by atoms with Crippen LogP contribution in [-0.4, -0.2) is 40.8 Å². The van der Waals surface area contributed by atoms with Gasteiger partial charge < -0.3 is 9.84 Å². The molecule has 0 spiro atoms. The van der Waals surface area contributed by atoms with E-state index >= 15 is 0 Å². The second-order valence-corrected chi connectivity index (χ2v) is 4.16. The first kappa shape index (κ1) is 14.3. The number of carbonyl (C=O) groups excluding carboxylic acids is 1. The first-order valence-electron chi connectivity index (χ1n) is 4.85. The van der Waals surface area contributed by atoms with E-state index in [2.05, 4.69) is 11.8 Å². The minimum atomic E-state index is -1.09. The fourth-order valence-corrected chi connectivity index (χ4v) is 0.849. The van der Waals surface area contributed by atoms with E-state index < -0.39 is 24.2 Å². The van der Waals surface area contributed by atoms with E-state index in [4.69, 9.17) is 9.84 Å². The van der Waals surface area contributed by atoms with Gasteiger partial charge in [0.25, 0.3) is 0 Å². The van der Waals surface area contributed by atoms with Crippen molar-refractivity contribution in [1.29, 1.82) is 0 Å². The van der Waals surface area contributed by atoms with Crippen LogP contribution in [0.2, 0.25) is 0 Å². The molecular formula is C11H17NO4. The highest BCUT2D eigenvalue weighted by Crippen LogP contribution is 2.09. The maximum absolute atomic E-state index is 11.6. The molecule has 5 nitrogen and oxygen atoms in total. The van der Waals surface area contributed by atoms with Gasteiger partial charge in [-0.3, -0.25) is 9.69 Å². The zero-order valence-corrected chi connectivity index (χ0v) is 10.0. The topological polar surface area (TPSA) is 66.8 Å². The van der Waals surface area contributed by atoms with Crippen molar-refractivity contribution in [3.8, 4) is 11.8 Å². The Morgan fingerprint density at radius 1 is 1.38 bits per heavy atom. The fraction of sp³-hybridized carbons (Fsp3) is 0.636. The van der Waals surface area contributed by atoms with Gasteiger partial charge in [0.1, 0.15) is 12.1 Å². The Balaban J connectivity index is 4.53. The largest absolute Gasteiger partial charge is 0.480 e. The molecule has 0 aliphatic rings. The molecule has 0 unspecified atom stereocenters. The van der Waals surface area contributed by atoms with Gasteiger partial charge >= 0.3 is 12.1 Å². The van der Waals surface area contributed by atoms with Gasteiger partial charge in [0, 0.05) is 0 Å². The Kier molecular flexibility index (Phi) is 5.37. The molecule has 0 aliphatic carbocycles. The summed E-state index contributed by atoms with van der Waals surface area (Å²) in [4.78, 5) is 23.2. The molecule has 0 saturated carbocycles. The minimum Gasteiger partial charge on any atom is -0.480 e. The van der Waals surface area contributed by atoms with Crippen molar-refractivity contribution >= 4 is 12.1 Å². The average Bonchev–Trinajstić information content (AvgIpc) is 2.08. The van der Waals surface area contributed by atoms with Crippen molar-refractivity contribution in [1.82, 2.24) is 4.90 Å². The summed E-state index contributed by atoms with van der Waals surface area (Å²) in [6.07, 6.45) is -0.669. The molecule has 0 rings (SSSR count). The Labute approximate surface area is 95.4 Å². The van der Waals surface area contributed by atoms with E-state index in [1.165, 1.54) is 0 Å². The van der Waals surface area contributed by atoms with Gasteiger partial charge in [-0.05, 0) is 27.7 Å². The molecule has 0 aromatic heterocycles. The van der Waals surface area contributed by atoms with Crippen molar-refractivity contribution in [2.75, 3.05) is 13.1 Å².